The van der Waals surface area contributed by atoms with Crippen LogP contribution in [0.25, 0.3) is 0 Å². The van der Waals surface area contributed by atoms with Crippen molar-refractivity contribution >= 4 is 0 Å². The van der Waals surface area contributed by atoms with Crippen molar-refractivity contribution in [1.29, 1.82) is 0 Å². The van der Waals surface area contributed by atoms with Crippen LogP contribution in [0.3, 0.4) is 0 Å². The number of fused-ring (bicyclic) bond motifs is 5. The summed E-state index contributed by atoms with van der Waals surface area (Å²) in [7, 11) is 0. The molecule has 0 bridgehead atoms. The Hall–Kier alpha value is -0.560. The van der Waals surface area contributed by atoms with Crippen molar-refractivity contribution in [3.8, 4) is 0 Å². The van der Waals surface area contributed by atoms with Crippen molar-refractivity contribution in [2.45, 2.75) is 98.5 Å². The number of allylic oxidation sites excluding steroid dienone is 3. The fourth-order valence-corrected chi connectivity index (χ4v) is 8.25. The van der Waals surface area contributed by atoms with Crippen LogP contribution in [0.2, 0.25) is 0 Å². The lowest BCUT2D eigenvalue weighted by atomic mass is 9.47. The first-order valence-corrected chi connectivity index (χ1v) is 12.3. The molecule has 0 amide bonds. The highest BCUT2D eigenvalue weighted by molar-refractivity contribution is 5.25. The van der Waals surface area contributed by atoms with Crippen molar-refractivity contribution < 1.29 is 5.11 Å². The van der Waals surface area contributed by atoms with Gasteiger partial charge in [-0.2, -0.15) is 0 Å². The normalized spacial score (nSPS) is 46.8. The topological polar surface area (TPSA) is 20.2 Å². The first-order valence-electron chi connectivity index (χ1n) is 12.3. The van der Waals surface area contributed by atoms with Gasteiger partial charge in [0.2, 0.25) is 0 Å². The number of hydrogen-bond donors (Lipinski definition) is 1. The number of hydrogen-bond acceptors (Lipinski definition) is 1. The Morgan fingerprint density at radius 2 is 1.86 bits per heavy atom. The van der Waals surface area contributed by atoms with Gasteiger partial charge in [-0.15, -0.1) is 0 Å². The lowest BCUT2D eigenvalue weighted by molar-refractivity contribution is -0.0540. The monoisotopic (exact) mass is 384 g/mol. The summed E-state index contributed by atoms with van der Waals surface area (Å²) in [5.41, 5.74) is 2.53. The Bertz CT molecular complexity index is 630. The molecule has 3 fully saturated rings. The maximum absolute atomic E-state index is 10.2. The molecule has 0 radical (unpaired) electrons. The van der Waals surface area contributed by atoms with Gasteiger partial charge in [0, 0.05) is 0 Å². The van der Waals surface area contributed by atoms with Crippen molar-refractivity contribution in [2.24, 2.45) is 46.3 Å². The summed E-state index contributed by atoms with van der Waals surface area (Å²) in [5, 5.41) is 10.2. The van der Waals surface area contributed by atoms with E-state index >= 15 is 0 Å². The second kappa shape index (κ2) is 7.60. The maximum atomic E-state index is 10.2. The molecule has 0 saturated heterocycles. The molecule has 0 aromatic carbocycles. The first-order chi connectivity index (χ1) is 13.3. The Morgan fingerprint density at radius 1 is 1.07 bits per heavy atom. The Morgan fingerprint density at radius 3 is 2.61 bits per heavy atom. The molecule has 8 atom stereocenters. The van der Waals surface area contributed by atoms with E-state index in [1.165, 1.54) is 44.9 Å². The molecular formula is C27H44O. The molecule has 0 unspecified atom stereocenters. The molecule has 4 aliphatic rings. The average molecular weight is 385 g/mol. The standard InChI is InChI=1S/C27H44O/c1-18(2)7-6-8-19(3)23-11-12-24-22-10-9-20-17-21(28)13-15-26(20,4)25(22)14-16-27(23,24)5/h6,8-9,18-19,21-25,28H,7,10-17H2,1-5H3/b8-6+/t19-,21-,22+,23-,24+,25-,26-,27+/m0/s1. The summed E-state index contributed by atoms with van der Waals surface area (Å²) in [6.07, 6.45) is 18.9. The van der Waals surface area contributed by atoms with E-state index in [0.717, 1.165) is 48.3 Å². The van der Waals surface area contributed by atoms with Crippen LogP contribution in [-0.4, -0.2) is 11.2 Å². The van der Waals surface area contributed by atoms with Crippen molar-refractivity contribution in [1.82, 2.24) is 0 Å². The van der Waals surface area contributed by atoms with Crippen molar-refractivity contribution in [3.63, 3.8) is 0 Å². The Labute approximate surface area is 174 Å². The van der Waals surface area contributed by atoms with E-state index in [9.17, 15) is 5.11 Å². The van der Waals surface area contributed by atoms with E-state index in [2.05, 4.69) is 52.8 Å². The highest BCUT2D eigenvalue weighted by Gasteiger charge is 2.58. The fourth-order valence-electron chi connectivity index (χ4n) is 8.25. The molecule has 28 heavy (non-hydrogen) atoms. The molecule has 3 saturated carbocycles. The Balaban J connectivity index is 1.53. The largest absolute Gasteiger partial charge is 0.393 e. The van der Waals surface area contributed by atoms with E-state index in [0.29, 0.717) is 10.8 Å². The van der Waals surface area contributed by atoms with Gasteiger partial charge in [-0.05, 0) is 104 Å². The zero-order chi connectivity index (χ0) is 20.1. The third kappa shape index (κ3) is 3.34. The van der Waals surface area contributed by atoms with Gasteiger partial charge in [-0.3, -0.25) is 0 Å². The molecule has 1 heteroatoms. The zero-order valence-corrected chi connectivity index (χ0v) is 19.1. The smallest absolute Gasteiger partial charge is 0.0577 e. The first kappa shape index (κ1) is 20.7. The number of aliphatic hydroxyl groups is 1. The minimum absolute atomic E-state index is 0.0842. The van der Waals surface area contributed by atoms with Crippen LogP contribution < -0.4 is 0 Å². The minimum atomic E-state index is -0.0842. The van der Waals surface area contributed by atoms with E-state index in [1.54, 1.807) is 5.57 Å². The molecule has 4 rings (SSSR count). The van der Waals surface area contributed by atoms with Gasteiger partial charge in [0.1, 0.15) is 0 Å². The molecule has 158 valence electrons. The second-order valence-corrected chi connectivity index (χ2v) is 11.8. The van der Waals surface area contributed by atoms with E-state index in [1.807, 2.05) is 0 Å². The second-order valence-electron chi connectivity index (χ2n) is 11.8. The summed E-state index contributed by atoms with van der Waals surface area (Å²) in [4.78, 5) is 0. The molecule has 1 N–H and O–H groups in total. The highest BCUT2D eigenvalue weighted by Crippen LogP contribution is 2.67. The number of aliphatic hydroxyl groups excluding tert-OH is 1. The quantitative estimate of drug-likeness (QED) is 0.510. The SMILES string of the molecule is CC(C)C/C=C/[C@H](C)[C@@H]1CC[C@@H]2[C@H]3CC=C4C[C@@H](O)CC[C@]4(C)[C@H]3CC[C@@]21C. The average Bonchev–Trinajstić information content (AvgIpc) is 2.99. The molecule has 0 spiro atoms. The van der Waals surface area contributed by atoms with Crippen LogP contribution >= 0.6 is 0 Å². The zero-order valence-electron chi connectivity index (χ0n) is 19.1. The molecule has 4 aliphatic carbocycles. The lowest BCUT2D eigenvalue weighted by Crippen LogP contribution is -2.50. The van der Waals surface area contributed by atoms with Gasteiger partial charge >= 0.3 is 0 Å². The summed E-state index contributed by atoms with van der Waals surface area (Å²) < 4.78 is 0. The van der Waals surface area contributed by atoms with Gasteiger partial charge in [0.15, 0.2) is 0 Å². The maximum Gasteiger partial charge on any atom is 0.0577 e. The molecule has 0 aromatic rings. The van der Waals surface area contributed by atoms with E-state index in [-0.39, 0.29) is 6.10 Å². The summed E-state index contributed by atoms with van der Waals surface area (Å²) >= 11 is 0. The van der Waals surface area contributed by atoms with E-state index < -0.39 is 0 Å². The van der Waals surface area contributed by atoms with Crippen molar-refractivity contribution in [3.05, 3.63) is 23.8 Å². The van der Waals surface area contributed by atoms with Crippen LogP contribution in [0.15, 0.2) is 23.8 Å². The Kier molecular flexibility index (Phi) is 5.62. The molecule has 0 heterocycles. The third-order valence-electron chi connectivity index (χ3n) is 9.83. The van der Waals surface area contributed by atoms with Gasteiger partial charge in [0.25, 0.3) is 0 Å². The van der Waals surface area contributed by atoms with Crippen molar-refractivity contribution in [2.75, 3.05) is 0 Å². The highest BCUT2D eigenvalue weighted by atomic mass is 16.3. The lowest BCUT2D eigenvalue weighted by Gasteiger charge is -2.58. The van der Waals surface area contributed by atoms with Crippen LogP contribution in [-0.2, 0) is 0 Å². The van der Waals surface area contributed by atoms with Crippen LogP contribution in [0.4, 0.5) is 0 Å². The predicted molar refractivity (Wildman–Crippen MR) is 119 cm³/mol. The van der Waals surface area contributed by atoms with Crippen LogP contribution in [0.5, 0.6) is 0 Å². The summed E-state index contributed by atoms with van der Waals surface area (Å²) in [6, 6.07) is 0. The summed E-state index contributed by atoms with van der Waals surface area (Å²) in [6.45, 7) is 12.3. The van der Waals surface area contributed by atoms with Gasteiger partial charge in [-0.1, -0.05) is 58.4 Å². The van der Waals surface area contributed by atoms with Gasteiger partial charge in [-0.25, -0.2) is 0 Å². The minimum Gasteiger partial charge on any atom is -0.393 e. The van der Waals surface area contributed by atoms with Crippen LogP contribution in [0, 0.1) is 46.3 Å². The van der Waals surface area contributed by atoms with Gasteiger partial charge < -0.3 is 5.11 Å². The fraction of sp³-hybridized carbons (Fsp3) is 0.852. The third-order valence-corrected chi connectivity index (χ3v) is 9.83. The molecular weight excluding hydrogens is 340 g/mol. The molecule has 0 aliphatic heterocycles. The van der Waals surface area contributed by atoms with Gasteiger partial charge in [0.05, 0.1) is 6.10 Å². The summed E-state index contributed by atoms with van der Waals surface area (Å²) in [5.74, 6) is 5.03. The predicted octanol–water partition coefficient (Wildman–Crippen LogP) is 7.16. The molecule has 1 nitrogen and oxygen atoms in total. The van der Waals surface area contributed by atoms with Crippen LogP contribution in [0.1, 0.15) is 92.4 Å². The number of rotatable bonds is 4. The van der Waals surface area contributed by atoms with E-state index in [4.69, 9.17) is 0 Å². The molecule has 0 aromatic heterocycles.